The van der Waals surface area contributed by atoms with Crippen molar-refractivity contribution in [1.82, 2.24) is 4.57 Å². The zero-order chi connectivity index (χ0) is 14.9. The van der Waals surface area contributed by atoms with Gasteiger partial charge in [-0.1, -0.05) is 0 Å². The molecule has 1 N–H and O–H groups in total. The molecule has 104 valence electrons. The number of aromatic nitrogens is 1. The summed E-state index contributed by atoms with van der Waals surface area (Å²) in [5.41, 5.74) is 0.421. The lowest BCUT2D eigenvalue weighted by Crippen LogP contribution is -2.26. The molecule has 0 atom stereocenters. The van der Waals surface area contributed by atoms with Gasteiger partial charge in [-0.3, -0.25) is 14.2 Å². The summed E-state index contributed by atoms with van der Waals surface area (Å²) in [4.78, 5) is 23.8. The van der Waals surface area contributed by atoms with Crippen LogP contribution in [0.1, 0.15) is 23.0 Å². The zero-order valence-electron chi connectivity index (χ0n) is 11.5. The molecule has 0 saturated carbocycles. The van der Waals surface area contributed by atoms with E-state index in [4.69, 9.17) is 4.74 Å². The summed E-state index contributed by atoms with van der Waals surface area (Å²) >= 11 is 0. The summed E-state index contributed by atoms with van der Waals surface area (Å²) in [6, 6.07) is 8.29. The number of nitrogens with zero attached hydrogens (tertiary/aromatic N) is 1. The molecule has 0 aliphatic carbocycles. The van der Waals surface area contributed by atoms with E-state index in [-0.39, 0.29) is 11.3 Å². The molecule has 1 heterocycles. The van der Waals surface area contributed by atoms with Crippen molar-refractivity contribution in [2.75, 3.05) is 7.11 Å². The van der Waals surface area contributed by atoms with Gasteiger partial charge in [-0.2, -0.15) is 0 Å². The van der Waals surface area contributed by atoms with Crippen LogP contribution in [0.2, 0.25) is 0 Å². The first-order valence-electron chi connectivity index (χ1n) is 6.06. The number of hydrogen-bond donors (Lipinski definition) is 1. The quantitative estimate of drug-likeness (QED) is 0.869. The number of ketones is 1. The fourth-order valence-corrected chi connectivity index (χ4v) is 2.10. The maximum atomic E-state index is 12.4. The fourth-order valence-electron chi connectivity index (χ4n) is 2.10. The Kier molecular flexibility index (Phi) is 3.61. The number of hydrogen-bond acceptors (Lipinski definition) is 4. The van der Waals surface area contributed by atoms with E-state index in [1.807, 2.05) is 0 Å². The van der Waals surface area contributed by atoms with E-state index in [1.54, 1.807) is 38.3 Å². The third kappa shape index (κ3) is 2.30. The number of carbonyl (C=O) groups excluding carboxylic acids is 1. The summed E-state index contributed by atoms with van der Waals surface area (Å²) in [6.45, 7) is 2.94. The van der Waals surface area contributed by atoms with Gasteiger partial charge in [-0.15, -0.1) is 0 Å². The van der Waals surface area contributed by atoms with Crippen molar-refractivity contribution in [2.24, 2.45) is 0 Å². The first-order chi connectivity index (χ1) is 9.45. The Hall–Kier alpha value is -2.56. The molecule has 20 heavy (non-hydrogen) atoms. The van der Waals surface area contributed by atoms with Crippen LogP contribution in [0.3, 0.4) is 0 Å². The van der Waals surface area contributed by atoms with Crippen LogP contribution < -0.4 is 10.3 Å². The number of ether oxygens (including phenoxy) is 1. The maximum absolute atomic E-state index is 12.4. The molecule has 1 aromatic carbocycles. The highest BCUT2D eigenvalue weighted by Crippen LogP contribution is 2.20. The molecule has 0 radical (unpaired) electrons. The summed E-state index contributed by atoms with van der Waals surface area (Å²) in [6.07, 6.45) is 0. The average Bonchev–Trinajstić information content (AvgIpc) is 2.38. The number of methoxy groups -OCH3 is 1. The second-order valence-corrected chi connectivity index (χ2v) is 4.44. The average molecular weight is 273 g/mol. The number of Topliss-reactive ketones (excluding diaryl/α,β-unsaturated/α-hetero) is 1. The Morgan fingerprint density at radius 1 is 1.25 bits per heavy atom. The topological polar surface area (TPSA) is 68.5 Å². The van der Waals surface area contributed by atoms with E-state index in [9.17, 15) is 14.7 Å². The number of aromatic hydroxyl groups is 1. The summed E-state index contributed by atoms with van der Waals surface area (Å²) in [7, 11) is 1.56. The molecule has 2 rings (SSSR count). The van der Waals surface area contributed by atoms with Crippen LogP contribution >= 0.6 is 0 Å². The highest BCUT2D eigenvalue weighted by atomic mass is 16.5. The molecular weight excluding hydrogens is 258 g/mol. The van der Waals surface area contributed by atoms with Crippen molar-refractivity contribution < 1.29 is 14.6 Å². The van der Waals surface area contributed by atoms with E-state index >= 15 is 0 Å². The minimum Gasteiger partial charge on any atom is -0.507 e. The standard InChI is InChI=1S/C15H15NO4/c1-9-8-13(18)14(10(2)17)15(19)16(9)11-4-6-12(20-3)7-5-11/h4-8,18H,1-3H3. The van der Waals surface area contributed by atoms with Gasteiger partial charge in [0.05, 0.1) is 7.11 Å². The molecule has 0 aliphatic rings. The minimum atomic E-state index is -0.528. The van der Waals surface area contributed by atoms with Crippen LogP contribution in [-0.4, -0.2) is 22.6 Å². The first kappa shape index (κ1) is 13.9. The third-order valence-corrected chi connectivity index (χ3v) is 3.05. The molecule has 5 heteroatoms. The van der Waals surface area contributed by atoms with Gasteiger partial charge in [-0.25, -0.2) is 0 Å². The van der Waals surface area contributed by atoms with Gasteiger partial charge in [0, 0.05) is 17.4 Å². The third-order valence-electron chi connectivity index (χ3n) is 3.05. The van der Waals surface area contributed by atoms with Crippen LogP contribution in [0.25, 0.3) is 5.69 Å². The van der Waals surface area contributed by atoms with Crippen LogP contribution in [0.15, 0.2) is 35.1 Å². The molecule has 1 aromatic heterocycles. The number of rotatable bonds is 3. The summed E-state index contributed by atoms with van der Waals surface area (Å²) < 4.78 is 6.45. The number of benzene rings is 1. The van der Waals surface area contributed by atoms with Gasteiger partial charge in [0.15, 0.2) is 5.78 Å². The monoisotopic (exact) mass is 273 g/mol. The molecule has 5 nitrogen and oxygen atoms in total. The summed E-state index contributed by atoms with van der Waals surface area (Å²) in [5, 5.41) is 9.74. The highest BCUT2D eigenvalue weighted by Gasteiger charge is 2.17. The van der Waals surface area contributed by atoms with E-state index in [2.05, 4.69) is 0 Å². The van der Waals surface area contributed by atoms with E-state index in [0.29, 0.717) is 17.1 Å². The lowest BCUT2D eigenvalue weighted by atomic mass is 10.1. The Morgan fingerprint density at radius 2 is 1.85 bits per heavy atom. The van der Waals surface area contributed by atoms with Gasteiger partial charge >= 0.3 is 0 Å². The lowest BCUT2D eigenvalue weighted by molar-refractivity contribution is 0.101. The van der Waals surface area contributed by atoms with Gasteiger partial charge in [0.1, 0.15) is 17.1 Å². The Morgan fingerprint density at radius 3 is 2.35 bits per heavy atom. The molecule has 0 aliphatic heterocycles. The second-order valence-electron chi connectivity index (χ2n) is 4.44. The summed E-state index contributed by atoms with van der Waals surface area (Å²) in [5.74, 6) is -0.0791. The minimum absolute atomic E-state index is 0.202. The number of carbonyl (C=O) groups is 1. The molecule has 0 spiro atoms. The molecule has 0 amide bonds. The molecule has 0 unspecified atom stereocenters. The van der Waals surface area contributed by atoms with Crippen molar-refractivity contribution in [1.29, 1.82) is 0 Å². The van der Waals surface area contributed by atoms with Crippen molar-refractivity contribution in [3.8, 4) is 17.2 Å². The molecule has 0 bridgehead atoms. The van der Waals surface area contributed by atoms with Gasteiger partial charge in [0.25, 0.3) is 5.56 Å². The van der Waals surface area contributed by atoms with E-state index in [1.165, 1.54) is 17.6 Å². The zero-order valence-corrected chi connectivity index (χ0v) is 11.5. The molecular formula is C15H15NO4. The van der Waals surface area contributed by atoms with Crippen LogP contribution in [0.4, 0.5) is 0 Å². The van der Waals surface area contributed by atoms with Gasteiger partial charge in [0.2, 0.25) is 0 Å². The predicted octanol–water partition coefficient (Wildman–Crippen LogP) is 2.06. The predicted molar refractivity (Wildman–Crippen MR) is 75.0 cm³/mol. The van der Waals surface area contributed by atoms with Crippen molar-refractivity contribution in [3.05, 3.63) is 51.9 Å². The van der Waals surface area contributed by atoms with E-state index < -0.39 is 11.3 Å². The number of aryl methyl sites for hydroxylation is 1. The maximum Gasteiger partial charge on any atom is 0.269 e. The highest BCUT2D eigenvalue weighted by molar-refractivity contribution is 5.96. The molecule has 2 aromatic rings. The van der Waals surface area contributed by atoms with E-state index in [0.717, 1.165) is 0 Å². The lowest BCUT2D eigenvalue weighted by Gasteiger charge is -2.13. The SMILES string of the molecule is COc1ccc(-n2c(C)cc(O)c(C(C)=O)c2=O)cc1. The van der Waals surface area contributed by atoms with Crippen molar-refractivity contribution in [2.45, 2.75) is 13.8 Å². The Labute approximate surface area is 116 Å². The van der Waals surface area contributed by atoms with Gasteiger partial charge in [-0.05, 0) is 38.1 Å². The first-order valence-corrected chi connectivity index (χ1v) is 6.06. The van der Waals surface area contributed by atoms with Crippen molar-refractivity contribution >= 4 is 5.78 Å². The fraction of sp³-hybridized carbons (Fsp3) is 0.200. The Bertz CT molecular complexity index is 714. The second kappa shape index (κ2) is 5.21. The normalized spacial score (nSPS) is 10.3. The Balaban J connectivity index is 2.70. The van der Waals surface area contributed by atoms with Crippen molar-refractivity contribution in [3.63, 3.8) is 0 Å². The molecule has 0 saturated heterocycles. The molecule has 0 fully saturated rings. The van der Waals surface area contributed by atoms with Gasteiger partial charge < -0.3 is 9.84 Å². The smallest absolute Gasteiger partial charge is 0.269 e. The van der Waals surface area contributed by atoms with Crippen LogP contribution in [0.5, 0.6) is 11.5 Å². The number of pyridine rings is 1. The van der Waals surface area contributed by atoms with Crippen LogP contribution in [-0.2, 0) is 0 Å². The van der Waals surface area contributed by atoms with Crippen LogP contribution in [0, 0.1) is 6.92 Å². The largest absolute Gasteiger partial charge is 0.507 e.